The number of carbonyl (C=O) groups excluding carboxylic acids is 1. The number of ether oxygens (including phenoxy) is 1. The Balaban J connectivity index is 3.52. The van der Waals surface area contributed by atoms with Crippen molar-refractivity contribution in [3.8, 4) is 0 Å². The van der Waals surface area contributed by atoms with Gasteiger partial charge in [0.1, 0.15) is 6.10 Å². The minimum Gasteiger partial charge on any atom is -0.462 e. The number of hydrogen-bond donors (Lipinski definition) is 0. The number of esters is 1. The number of hydrogen-bond acceptors (Lipinski definition) is 2. The summed E-state index contributed by atoms with van der Waals surface area (Å²) in [5.74, 6) is 0.0222. The first kappa shape index (κ1) is 21.5. The summed E-state index contributed by atoms with van der Waals surface area (Å²) in [6.45, 7) is 6.60. The monoisotopic (exact) mass is 312 g/mol. The van der Waals surface area contributed by atoms with E-state index in [1.807, 2.05) is 0 Å². The zero-order valence-corrected chi connectivity index (χ0v) is 15.5. The smallest absolute Gasteiger partial charge is 0.306 e. The van der Waals surface area contributed by atoms with Gasteiger partial charge >= 0.3 is 5.97 Å². The van der Waals surface area contributed by atoms with Crippen LogP contribution in [0, 0.1) is 0 Å². The molecule has 0 N–H and O–H groups in total. The van der Waals surface area contributed by atoms with Gasteiger partial charge in [-0.1, -0.05) is 85.0 Å². The topological polar surface area (TPSA) is 26.3 Å². The molecule has 0 rings (SSSR count). The van der Waals surface area contributed by atoms with Crippen LogP contribution in [0.25, 0.3) is 0 Å². The lowest BCUT2D eigenvalue weighted by atomic mass is 10.1. The molecule has 0 aromatic carbocycles. The molecule has 1 atom stereocenters. The van der Waals surface area contributed by atoms with Gasteiger partial charge in [0.2, 0.25) is 0 Å². The van der Waals surface area contributed by atoms with Crippen LogP contribution in [0.3, 0.4) is 0 Å². The summed E-state index contributed by atoms with van der Waals surface area (Å²) in [6, 6.07) is 0. The Morgan fingerprint density at radius 2 is 1.23 bits per heavy atom. The normalized spacial score (nSPS) is 12.3. The van der Waals surface area contributed by atoms with Gasteiger partial charge in [-0.15, -0.1) is 0 Å². The second-order valence-corrected chi connectivity index (χ2v) is 6.59. The minimum absolute atomic E-state index is 0.0222. The zero-order chi connectivity index (χ0) is 16.5. The Morgan fingerprint density at radius 1 is 0.727 bits per heavy atom. The maximum absolute atomic E-state index is 11.9. The quantitative estimate of drug-likeness (QED) is 0.231. The third kappa shape index (κ3) is 14.4. The first-order valence-electron chi connectivity index (χ1n) is 9.94. The van der Waals surface area contributed by atoms with Crippen molar-refractivity contribution >= 4 is 5.97 Å². The summed E-state index contributed by atoms with van der Waals surface area (Å²) < 4.78 is 5.61. The fourth-order valence-corrected chi connectivity index (χ4v) is 2.79. The predicted molar refractivity (Wildman–Crippen MR) is 96.2 cm³/mol. The van der Waals surface area contributed by atoms with Crippen molar-refractivity contribution in [1.82, 2.24) is 0 Å². The van der Waals surface area contributed by atoms with Crippen LogP contribution >= 0.6 is 0 Å². The van der Waals surface area contributed by atoms with Crippen molar-refractivity contribution in [1.29, 1.82) is 0 Å². The zero-order valence-electron chi connectivity index (χ0n) is 15.5. The van der Waals surface area contributed by atoms with Gasteiger partial charge in [0, 0.05) is 6.42 Å². The highest BCUT2D eigenvalue weighted by Gasteiger charge is 2.11. The Labute approximate surface area is 139 Å². The van der Waals surface area contributed by atoms with Gasteiger partial charge in [0.25, 0.3) is 0 Å². The van der Waals surface area contributed by atoms with Crippen LogP contribution in [0.2, 0.25) is 0 Å². The van der Waals surface area contributed by atoms with Crippen molar-refractivity contribution in [2.75, 3.05) is 0 Å². The van der Waals surface area contributed by atoms with E-state index in [1.165, 1.54) is 70.6 Å². The summed E-state index contributed by atoms with van der Waals surface area (Å²) in [7, 11) is 0. The standard InChI is InChI=1S/C20H40O2/c1-4-7-9-11-12-14-16-18-20(21)22-19(6-3)17-15-13-10-8-5-2/h19H,4-18H2,1-3H3. The van der Waals surface area contributed by atoms with Gasteiger partial charge in [-0.25, -0.2) is 0 Å². The average Bonchev–Trinajstić information content (AvgIpc) is 2.52. The third-order valence-electron chi connectivity index (χ3n) is 4.37. The van der Waals surface area contributed by atoms with E-state index in [0.717, 1.165) is 19.3 Å². The molecule has 0 spiro atoms. The van der Waals surface area contributed by atoms with E-state index in [1.54, 1.807) is 0 Å². The molecule has 0 heterocycles. The SMILES string of the molecule is CCCCCCCCCC(=O)OC(CC)CCCCCCC. The van der Waals surface area contributed by atoms with Crippen molar-refractivity contribution in [2.45, 2.75) is 123 Å². The summed E-state index contributed by atoms with van der Waals surface area (Å²) in [5, 5.41) is 0. The molecular formula is C20H40O2. The van der Waals surface area contributed by atoms with Gasteiger partial charge in [0.05, 0.1) is 0 Å². The molecule has 0 aliphatic carbocycles. The molecule has 22 heavy (non-hydrogen) atoms. The van der Waals surface area contributed by atoms with Crippen LogP contribution in [0.15, 0.2) is 0 Å². The second kappa shape index (κ2) is 16.8. The first-order valence-corrected chi connectivity index (χ1v) is 9.94. The molecule has 2 nitrogen and oxygen atoms in total. The van der Waals surface area contributed by atoms with Crippen LogP contribution < -0.4 is 0 Å². The number of unbranched alkanes of at least 4 members (excludes halogenated alkanes) is 10. The molecule has 0 aromatic rings. The van der Waals surface area contributed by atoms with E-state index < -0.39 is 0 Å². The molecule has 0 aliphatic rings. The highest BCUT2D eigenvalue weighted by Crippen LogP contribution is 2.14. The van der Waals surface area contributed by atoms with Crippen molar-refractivity contribution < 1.29 is 9.53 Å². The summed E-state index contributed by atoms with van der Waals surface area (Å²) >= 11 is 0. The molecule has 0 fully saturated rings. The molecular weight excluding hydrogens is 272 g/mol. The summed E-state index contributed by atoms with van der Waals surface area (Å²) in [4.78, 5) is 11.9. The van der Waals surface area contributed by atoms with E-state index >= 15 is 0 Å². The second-order valence-electron chi connectivity index (χ2n) is 6.59. The van der Waals surface area contributed by atoms with E-state index in [9.17, 15) is 4.79 Å². The number of rotatable bonds is 16. The first-order chi connectivity index (χ1) is 10.7. The van der Waals surface area contributed by atoms with E-state index in [-0.39, 0.29) is 12.1 Å². The van der Waals surface area contributed by atoms with Crippen molar-refractivity contribution in [3.63, 3.8) is 0 Å². The molecule has 0 saturated heterocycles. The fraction of sp³-hybridized carbons (Fsp3) is 0.950. The average molecular weight is 313 g/mol. The van der Waals surface area contributed by atoms with E-state index in [0.29, 0.717) is 6.42 Å². The Bertz CT molecular complexity index is 238. The van der Waals surface area contributed by atoms with Gasteiger partial charge in [-0.05, 0) is 25.7 Å². The molecule has 132 valence electrons. The Hall–Kier alpha value is -0.530. The van der Waals surface area contributed by atoms with E-state index in [2.05, 4.69) is 20.8 Å². The maximum atomic E-state index is 11.9. The molecule has 0 amide bonds. The van der Waals surface area contributed by atoms with Crippen LogP contribution in [-0.4, -0.2) is 12.1 Å². The van der Waals surface area contributed by atoms with Crippen LogP contribution in [0.4, 0.5) is 0 Å². The van der Waals surface area contributed by atoms with Crippen molar-refractivity contribution in [3.05, 3.63) is 0 Å². The lowest BCUT2D eigenvalue weighted by molar-refractivity contribution is -0.149. The maximum Gasteiger partial charge on any atom is 0.306 e. The highest BCUT2D eigenvalue weighted by atomic mass is 16.5. The van der Waals surface area contributed by atoms with Crippen LogP contribution in [0.5, 0.6) is 0 Å². The molecule has 0 radical (unpaired) electrons. The molecule has 0 saturated carbocycles. The van der Waals surface area contributed by atoms with E-state index in [4.69, 9.17) is 4.74 Å². The Kier molecular flexibility index (Phi) is 16.4. The highest BCUT2D eigenvalue weighted by molar-refractivity contribution is 5.69. The molecule has 0 aromatic heterocycles. The Morgan fingerprint density at radius 3 is 1.77 bits per heavy atom. The molecule has 1 unspecified atom stereocenters. The van der Waals surface area contributed by atoms with Gasteiger partial charge in [-0.3, -0.25) is 4.79 Å². The van der Waals surface area contributed by atoms with Crippen LogP contribution in [-0.2, 0) is 9.53 Å². The van der Waals surface area contributed by atoms with Crippen LogP contribution in [0.1, 0.15) is 117 Å². The molecule has 0 aliphatic heterocycles. The number of carbonyl (C=O) groups is 1. The molecule has 0 bridgehead atoms. The van der Waals surface area contributed by atoms with Crippen molar-refractivity contribution in [2.24, 2.45) is 0 Å². The molecule has 2 heteroatoms. The van der Waals surface area contributed by atoms with Gasteiger partial charge in [-0.2, -0.15) is 0 Å². The summed E-state index contributed by atoms with van der Waals surface area (Å²) in [5.41, 5.74) is 0. The lowest BCUT2D eigenvalue weighted by Gasteiger charge is -2.16. The van der Waals surface area contributed by atoms with Gasteiger partial charge < -0.3 is 4.74 Å². The van der Waals surface area contributed by atoms with Gasteiger partial charge in [0.15, 0.2) is 0 Å². The fourth-order valence-electron chi connectivity index (χ4n) is 2.79. The summed E-state index contributed by atoms with van der Waals surface area (Å²) in [6.07, 6.45) is 17.9. The third-order valence-corrected chi connectivity index (χ3v) is 4.37. The predicted octanol–water partition coefficient (Wildman–Crippen LogP) is 6.81. The largest absolute Gasteiger partial charge is 0.462 e. The minimum atomic E-state index is 0.0222. The lowest BCUT2D eigenvalue weighted by Crippen LogP contribution is -2.17.